The first-order valence-corrected chi connectivity index (χ1v) is 7.33. The molecule has 0 unspecified atom stereocenters. The number of aromatic nitrogens is 2. The van der Waals surface area contributed by atoms with Gasteiger partial charge in [-0.25, -0.2) is 9.78 Å². The number of ether oxygens (including phenoxy) is 2. The van der Waals surface area contributed by atoms with Gasteiger partial charge >= 0.3 is 5.97 Å². The van der Waals surface area contributed by atoms with Gasteiger partial charge in [0.2, 0.25) is 5.88 Å². The van der Waals surface area contributed by atoms with Gasteiger partial charge in [0.1, 0.15) is 5.75 Å². The number of rotatable bonds is 4. The van der Waals surface area contributed by atoms with E-state index in [2.05, 4.69) is 14.7 Å². The smallest absolute Gasteiger partial charge is 0.343 e. The lowest BCUT2D eigenvalue weighted by Crippen LogP contribution is -2.13. The average Bonchev–Trinajstić information content (AvgIpc) is 2.58. The summed E-state index contributed by atoms with van der Waals surface area (Å²) in [5.41, 5.74) is 1.55. The molecule has 2 aromatic carbocycles. The zero-order valence-electron chi connectivity index (χ0n) is 13.3. The van der Waals surface area contributed by atoms with E-state index in [1.54, 1.807) is 18.2 Å². The van der Waals surface area contributed by atoms with Crippen molar-refractivity contribution in [2.24, 2.45) is 0 Å². The second kappa shape index (κ2) is 6.54. The van der Waals surface area contributed by atoms with Crippen molar-refractivity contribution in [2.75, 3.05) is 13.7 Å². The van der Waals surface area contributed by atoms with Gasteiger partial charge in [-0.05, 0) is 35.9 Å². The molecule has 0 spiro atoms. The minimum absolute atomic E-state index is 0.205. The Hall–Kier alpha value is -3.15. The number of nitrogens with zero attached hydrogens (tertiary/aromatic N) is 2. The van der Waals surface area contributed by atoms with Crippen LogP contribution >= 0.6 is 0 Å². The number of aromatic hydroxyl groups is 1. The van der Waals surface area contributed by atoms with Crippen molar-refractivity contribution >= 4 is 16.7 Å². The Morgan fingerprint density at radius 2 is 1.83 bits per heavy atom. The molecule has 3 aromatic rings. The van der Waals surface area contributed by atoms with Gasteiger partial charge in [0.25, 0.3) is 0 Å². The van der Waals surface area contributed by atoms with Crippen molar-refractivity contribution in [3.8, 4) is 23.0 Å². The lowest BCUT2D eigenvalue weighted by atomic mass is 10.1. The van der Waals surface area contributed by atoms with Crippen LogP contribution in [0.4, 0.5) is 0 Å². The molecular formula is C18H16N2O4. The predicted octanol–water partition coefficient (Wildman–Crippen LogP) is 2.86. The summed E-state index contributed by atoms with van der Waals surface area (Å²) in [6, 6.07) is 12.5. The molecule has 6 nitrogen and oxygen atoms in total. The molecule has 1 N–H and O–H groups in total. The van der Waals surface area contributed by atoms with E-state index in [4.69, 9.17) is 4.74 Å². The number of fused-ring (bicyclic) bond motifs is 1. The van der Waals surface area contributed by atoms with Crippen molar-refractivity contribution < 1.29 is 19.4 Å². The lowest BCUT2D eigenvalue weighted by Gasteiger charge is -2.08. The highest BCUT2D eigenvalue weighted by Gasteiger charge is 2.09. The van der Waals surface area contributed by atoms with Crippen molar-refractivity contribution in [3.63, 3.8) is 0 Å². The topological polar surface area (TPSA) is 81.5 Å². The summed E-state index contributed by atoms with van der Waals surface area (Å²) >= 11 is 0. The molecule has 24 heavy (non-hydrogen) atoms. The van der Waals surface area contributed by atoms with Gasteiger partial charge < -0.3 is 14.6 Å². The molecule has 122 valence electrons. The third-order valence-electron chi connectivity index (χ3n) is 3.48. The number of hydrogen-bond donors (Lipinski definition) is 1. The molecule has 1 heterocycles. The zero-order valence-corrected chi connectivity index (χ0v) is 13.3. The highest BCUT2D eigenvalue weighted by Crippen LogP contribution is 2.26. The Kier molecular flexibility index (Phi) is 4.29. The monoisotopic (exact) mass is 324 g/mol. The molecule has 0 atom stereocenters. The number of benzene rings is 2. The summed E-state index contributed by atoms with van der Waals surface area (Å²) in [7, 11) is 1.30. The van der Waals surface area contributed by atoms with E-state index in [1.165, 1.54) is 7.11 Å². The van der Waals surface area contributed by atoms with Crippen LogP contribution in [-0.2, 0) is 9.53 Å². The van der Waals surface area contributed by atoms with Gasteiger partial charge in [0, 0.05) is 17.3 Å². The Morgan fingerprint density at radius 3 is 2.62 bits per heavy atom. The van der Waals surface area contributed by atoms with Crippen LogP contribution in [0.1, 0.15) is 5.69 Å². The lowest BCUT2D eigenvalue weighted by molar-refractivity contribution is -0.143. The van der Waals surface area contributed by atoms with E-state index in [0.717, 1.165) is 22.0 Å². The average molecular weight is 324 g/mol. The van der Waals surface area contributed by atoms with Crippen LogP contribution in [0.25, 0.3) is 22.2 Å². The molecule has 6 heteroatoms. The fourth-order valence-electron chi connectivity index (χ4n) is 2.31. The number of aryl methyl sites for hydroxylation is 1. The Balaban J connectivity index is 1.95. The van der Waals surface area contributed by atoms with Gasteiger partial charge in [0.15, 0.2) is 12.4 Å². The SMILES string of the molecule is COC(=O)COc1cc(C)nc(-c2ccc3cc(O)ccc3c2)n1. The Labute approximate surface area is 138 Å². The molecule has 0 amide bonds. The number of carbonyl (C=O) groups is 1. The van der Waals surface area contributed by atoms with Crippen molar-refractivity contribution in [2.45, 2.75) is 6.92 Å². The van der Waals surface area contributed by atoms with Crippen LogP contribution in [0.3, 0.4) is 0 Å². The van der Waals surface area contributed by atoms with Gasteiger partial charge in [-0.2, -0.15) is 4.98 Å². The van der Waals surface area contributed by atoms with Crippen LogP contribution in [0.15, 0.2) is 42.5 Å². The van der Waals surface area contributed by atoms with E-state index in [0.29, 0.717) is 11.7 Å². The molecule has 3 rings (SSSR count). The van der Waals surface area contributed by atoms with Crippen LogP contribution in [-0.4, -0.2) is 34.8 Å². The van der Waals surface area contributed by atoms with E-state index in [9.17, 15) is 9.90 Å². The minimum Gasteiger partial charge on any atom is -0.508 e. The highest BCUT2D eigenvalue weighted by molar-refractivity contribution is 5.87. The standard InChI is InChI=1S/C18H16N2O4/c1-11-7-16(24-10-17(22)23-2)20-18(19-11)14-4-3-13-9-15(21)6-5-12(13)8-14/h3-9,21H,10H2,1-2H3. The van der Waals surface area contributed by atoms with E-state index in [-0.39, 0.29) is 12.4 Å². The molecule has 0 saturated heterocycles. The largest absolute Gasteiger partial charge is 0.508 e. The quantitative estimate of drug-likeness (QED) is 0.743. The van der Waals surface area contributed by atoms with Crippen molar-refractivity contribution in [1.29, 1.82) is 0 Å². The number of methoxy groups -OCH3 is 1. The third kappa shape index (κ3) is 3.43. The maximum absolute atomic E-state index is 11.2. The second-order valence-electron chi connectivity index (χ2n) is 5.28. The first-order valence-electron chi connectivity index (χ1n) is 7.33. The number of phenolic OH excluding ortho intramolecular Hbond substituents is 1. The van der Waals surface area contributed by atoms with Crippen LogP contribution in [0.2, 0.25) is 0 Å². The predicted molar refractivity (Wildman–Crippen MR) is 88.9 cm³/mol. The van der Waals surface area contributed by atoms with Gasteiger partial charge in [0.05, 0.1) is 7.11 Å². The molecule has 0 fully saturated rings. The summed E-state index contributed by atoms with van der Waals surface area (Å²) in [5, 5.41) is 11.4. The minimum atomic E-state index is -0.474. The molecule has 0 aliphatic rings. The number of carbonyl (C=O) groups excluding carboxylic acids is 1. The van der Waals surface area contributed by atoms with Crippen LogP contribution in [0.5, 0.6) is 11.6 Å². The number of phenols is 1. The van der Waals surface area contributed by atoms with Crippen LogP contribution in [0, 0.1) is 6.92 Å². The van der Waals surface area contributed by atoms with Gasteiger partial charge in [-0.1, -0.05) is 18.2 Å². The summed E-state index contributed by atoms with van der Waals surface area (Å²) < 4.78 is 9.89. The molecule has 0 saturated carbocycles. The zero-order chi connectivity index (χ0) is 17.1. The third-order valence-corrected chi connectivity index (χ3v) is 3.48. The maximum atomic E-state index is 11.2. The van der Waals surface area contributed by atoms with E-state index < -0.39 is 5.97 Å². The number of hydrogen-bond acceptors (Lipinski definition) is 6. The molecule has 0 radical (unpaired) electrons. The summed E-state index contributed by atoms with van der Waals surface area (Å²) in [6.45, 7) is 1.62. The fraction of sp³-hybridized carbons (Fsp3) is 0.167. The highest BCUT2D eigenvalue weighted by atomic mass is 16.6. The first kappa shape index (κ1) is 15.7. The molecule has 0 aliphatic heterocycles. The summed E-state index contributed by atoms with van der Waals surface area (Å²) in [5.74, 6) is 0.567. The molecular weight excluding hydrogens is 308 g/mol. The van der Waals surface area contributed by atoms with E-state index in [1.807, 2.05) is 31.2 Å². The summed E-state index contributed by atoms with van der Waals surface area (Å²) in [6.07, 6.45) is 0. The fourth-order valence-corrected chi connectivity index (χ4v) is 2.31. The van der Waals surface area contributed by atoms with Gasteiger partial charge in [-0.15, -0.1) is 0 Å². The number of esters is 1. The van der Waals surface area contributed by atoms with Crippen molar-refractivity contribution in [1.82, 2.24) is 9.97 Å². The normalized spacial score (nSPS) is 10.6. The Bertz CT molecular complexity index is 909. The molecule has 1 aromatic heterocycles. The van der Waals surface area contributed by atoms with Gasteiger partial charge in [-0.3, -0.25) is 0 Å². The Morgan fingerprint density at radius 1 is 1.08 bits per heavy atom. The summed E-state index contributed by atoms with van der Waals surface area (Å²) in [4.78, 5) is 20.0. The second-order valence-corrected chi connectivity index (χ2v) is 5.28. The first-order chi connectivity index (χ1) is 11.5. The molecule has 0 bridgehead atoms. The van der Waals surface area contributed by atoms with E-state index >= 15 is 0 Å². The molecule has 0 aliphatic carbocycles. The maximum Gasteiger partial charge on any atom is 0.343 e. The van der Waals surface area contributed by atoms with Crippen molar-refractivity contribution in [3.05, 3.63) is 48.2 Å². The van der Waals surface area contributed by atoms with Crippen LogP contribution < -0.4 is 4.74 Å².